The number of hydrogen-bond acceptors (Lipinski definition) is 1. The molecule has 1 aliphatic heterocycles. The van der Waals surface area contributed by atoms with Gasteiger partial charge < -0.3 is 5.32 Å². The molecule has 2 aliphatic rings. The Morgan fingerprint density at radius 1 is 1.20 bits per heavy atom. The second-order valence-electron chi connectivity index (χ2n) is 3.94. The molecule has 1 saturated carbocycles. The molecule has 2 fully saturated rings. The van der Waals surface area contributed by atoms with Crippen LogP contribution in [-0.2, 0) is 0 Å². The van der Waals surface area contributed by atoms with Crippen LogP contribution in [0.25, 0.3) is 0 Å². The van der Waals surface area contributed by atoms with Crippen LogP contribution < -0.4 is 5.32 Å². The Balaban J connectivity index is 2.01. The van der Waals surface area contributed by atoms with Gasteiger partial charge in [0.15, 0.2) is 0 Å². The molecule has 1 heteroatoms. The van der Waals surface area contributed by atoms with Crippen LogP contribution in [0.15, 0.2) is 0 Å². The SMILES string of the molecule is C[C@H]1CN[C@H]2CCCC[C@@H]21. The van der Waals surface area contributed by atoms with Crippen molar-refractivity contribution in [3.05, 3.63) is 0 Å². The van der Waals surface area contributed by atoms with Gasteiger partial charge in [0.05, 0.1) is 0 Å². The molecule has 0 aromatic rings. The molecule has 0 radical (unpaired) electrons. The minimum atomic E-state index is 0.892. The summed E-state index contributed by atoms with van der Waals surface area (Å²) < 4.78 is 0. The van der Waals surface area contributed by atoms with E-state index in [1.807, 2.05) is 0 Å². The Morgan fingerprint density at radius 3 is 2.80 bits per heavy atom. The molecular formula is C9H17N. The molecular weight excluding hydrogens is 122 g/mol. The second kappa shape index (κ2) is 2.54. The first kappa shape index (κ1) is 6.66. The number of rotatable bonds is 0. The number of hydrogen-bond donors (Lipinski definition) is 1. The molecule has 1 aliphatic carbocycles. The monoisotopic (exact) mass is 139 g/mol. The highest BCUT2D eigenvalue weighted by Crippen LogP contribution is 2.33. The van der Waals surface area contributed by atoms with Gasteiger partial charge in [0.1, 0.15) is 0 Å². The summed E-state index contributed by atoms with van der Waals surface area (Å²) in [6.45, 7) is 3.66. The molecule has 0 unspecified atom stereocenters. The van der Waals surface area contributed by atoms with Crippen LogP contribution in [0.2, 0.25) is 0 Å². The van der Waals surface area contributed by atoms with E-state index in [2.05, 4.69) is 12.2 Å². The van der Waals surface area contributed by atoms with Crippen molar-refractivity contribution in [1.29, 1.82) is 0 Å². The Bertz CT molecular complexity index is 120. The summed E-state index contributed by atoms with van der Waals surface area (Å²) in [5, 5.41) is 3.61. The summed E-state index contributed by atoms with van der Waals surface area (Å²) in [4.78, 5) is 0. The summed E-state index contributed by atoms with van der Waals surface area (Å²) in [6, 6.07) is 0.892. The standard InChI is InChI=1S/C9H17N/c1-7-6-10-9-5-3-2-4-8(7)9/h7-10H,2-6H2,1H3/t7-,8+,9-/m0/s1. The van der Waals surface area contributed by atoms with Gasteiger partial charge in [-0.15, -0.1) is 0 Å². The summed E-state index contributed by atoms with van der Waals surface area (Å²) in [7, 11) is 0. The fraction of sp³-hybridized carbons (Fsp3) is 1.00. The summed E-state index contributed by atoms with van der Waals surface area (Å²) >= 11 is 0. The minimum Gasteiger partial charge on any atom is -0.313 e. The van der Waals surface area contributed by atoms with Gasteiger partial charge in [-0.25, -0.2) is 0 Å². The maximum Gasteiger partial charge on any atom is 0.00984 e. The molecule has 2 rings (SSSR count). The highest BCUT2D eigenvalue weighted by atomic mass is 15.0. The Morgan fingerprint density at radius 2 is 2.00 bits per heavy atom. The second-order valence-corrected chi connectivity index (χ2v) is 3.94. The largest absolute Gasteiger partial charge is 0.313 e. The highest BCUT2D eigenvalue weighted by Gasteiger charge is 2.34. The average molecular weight is 139 g/mol. The van der Waals surface area contributed by atoms with Gasteiger partial charge in [0, 0.05) is 6.04 Å². The molecule has 3 atom stereocenters. The van der Waals surface area contributed by atoms with Crippen LogP contribution in [0.5, 0.6) is 0 Å². The Hall–Kier alpha value is -0.0400. The van der Waals surface area contributed by atoms with Crippen LogP contribution in [0.1, 0.15) is 32.6 Å². The van der Waals surface area contributed by atoms with Gasteiger partial charge in [-0.3, -0.25) is 0 Å². The molecule has 1 heterocycles. The van der Waals surface area contributed by atoms with Crippen molar-refractivity contribution in [3.63, 3.8) is 0 Å². The zero-order valence-electron chi connectivity index (χ0n) is 6.77. The number of nitrogens with one attached hydrogen (secondary N) is 1. The van der Waals surface area contributed by atoms with Crippen molar-refractivity contribution in [3.8, 4) is 0 Å². The van der Waals surface area contributed by atoms with E-state index >= 15 is 0 Å². The maximum absolute atomic E-state index is 3.61. The van der Waals surface area contributed by atoms with Crippen molar-refractivity contribution in [2.45, 2.75) is 38.6 Å². The van der Waals surface area contributed by atoms with Crippen molar-refractivity contribution >= 4 is 0 Å². The van der Waals surface area contributed by atoms with Crippen molar-refractivity contribution in [1.82, 2.24) is 5.32 Å². The molecule has 0 bridgehead atoms. The van der Waals surface area contributed by atoms with Crippen LogP contribution >= 0.6 is 0 Å². The number of fused-ring (bicyclic) bond motifs is 1. The van der Waals surface area contributed by atoms with Gasteiger partial charge in [-0.1, -0.05) is 19.8 Å². The zero-order chi connectivity index (χ0) is 6.97. The van der Waals surface area contributed by atoms with Gasteiger partial charge >= 0.3 is 0 Å². The van der Waals surface area contributed by atoms with Crippen LogP contribution in [0.3, 0.4) is 0 Å². The molecule has 0 amide bonds. The lowest BCUT2D eigenvalue weighted by Gasteiger charge is -2.26. The smallest absolute Gasteiger partial charge is 0.00984 e. The van der Waals surface area contributed by atoms with Gasteiger partial charge in [0.2, 0.25) is 0 Å². The van der Waals surface area contributed by atoms with Crippen LogP contribution in [0.4, 0.5) is 0 Å². The maximum atomic E-state index is 3.61. The van der Waals surface area contributed by atoms with E-state index in [1.165, 1.54) is 32.2 Å². The summed E-state index contributed by atoms with van der Waals surface area (Å²) in [5.74, 6) is 1.97. The quantitative estimate of drug-likeness (QED) is 0.539. The van der Waals surface area contributed by atoms with E-state index in [0.717, 1.165) is 17.9 Å². The van der Waals surface area contributed by atoms with Crippen LogP contribution in [0, 0.1) is 11.8 Å². The molecule has 0 spiro atoms. The van der Waals surface area contributed by atoms with E-state index in [9.17, 15) is 0 Å². The van der Waals surface area contributed by atoms with Gasteiger partial charge in [0.25, 0.3) is 0 Å². The highest BCUT2D eigenvalue weighted by molar-refractivity contribution is 4.90. The van der Waals surface area contributed by atoms with Crippen LogP contribution in [-0.4, -0.2) is 12.6 Å². The fourth-order valence-electron chi connectivity index (χ4n) is 2.58. The zero-order valence-corrected chi connectivity index (χ0v) is 6.77. The van der Waals surface area contributed by atoms with E-state index in [1.54, 1.807) is 0 Å². The molecule has 1 saturated heterocycles. The van der Waals surface area contributed by atoms with E-state index in [4.69, 9.17) is 0 Å². The Kier molecular flexibility index (Phi) is 1.69. The van der Waals surface area contributed by atoms with Gasteiger partial charge in [-0.05, 0) is 31.2 Å². The molecule has 1 nitrogen and oxygen atoms in total. The molecule has 0 aromatic heterocycles. The summed E-state index contributed by atoms with van der Waals surface area (Å²) in [5.41, 5.74) is 0. The first-order chi connectivity index (χ1) is 4.88. The van der Waals surface area contributed by atoms with E-state index in [-0.39, 0.29) is 0 Å². The lowest BCUT2D eigenvalue weighted by Crippen LogP contribution is -2.29. The molecule has 1 N–H and O–H groups in total. The minimum absolute atomic E-state index is 0.892. The average Bonchev–Trinajstić information content (AvgIpc) is 2.34. The normalized spacial score (nSPS) is 47.1. The molecule has 58 valence electrons. The van der Waals surface area contributed by atoms with Crippen molar-refractivity contribution < 1.29 is 0 Å². The van der Waals surface area contributed by atoms with Gasteiger partial charge in [-0.2, -0.15) is 0 Å². The molecule has 10 heavy (non-hydrogen) atoms. The van der Waals surface area contributed by atoms with E-state index in [0.29, 0.717) is 0 Å². The third-order valence-electron chi connectivity index (χ3n) is 3.25. The lowest BCUT2D eigenvalue weighted by molar-refractivity contribution is 0.285. The first-order valence-electron chi connectivity index (χ1n) is 4.61. The predicted octanol–water partition coefficient (Wildman–Crippen LogP) is 1.78. The topological polar surface area (TPSA) is 12.0 Å². The summed E-state index contributed by atoms with van der Waals surface area (Å²) in [6.07, 6.45) is 5.86. The fourth-order valence-corrected chi connectivity index (χ4v) is 2.58. The predicted molar refractivity (Wildman–Crippen MR) is 42.9 cm³/mol. The van der Waals surface area contributed by atoms with Crippen molar-refractivity contribution in [2.75, 3.05) is 6.54 Å². The lowest BCUT2D eigenvalue weighted by atomic mass is 9.81. The van der Waals surface area contributed by atoms with E-state index < -0.39 is 0 Å². The molecule has 0 aromatic carbocycles. The Labute approximate surface area is 63.2 Å². The third-order valence-corrected chi connectivity index (χ3v) is 3.25. The van der Waals surface area contributed by atoms with Crippen molar-refractivity contribution in [2.24, 2.45) is 11.8 Å². The first-order valence-corrected chi connectivity index (χ1v) is 4.61. The third kappa shape index (κ3) is 0.968.